The Balaban J connectivity index is 1.63. The molecular formula is C16H24N4O3. The normalized spacial score (nSPS) is 24.7. The van der Waals surface area contributed by atoms with Crippen molar-refractivity contribution in [3.8, 4) is 0 Å². The number of fused-ring (bicyclic) bond motifs is 1. The largest absolute Gasteiger partial charge is 0.385 e. The van der Waals surface area contributed by atoms with Crippen molar-refractivity contribution in [3.05, 3.63) is 23.8 Å². The van der Waals surface area contributed by atoms with Crippen molar-refractivity contribution in [1.29, 1.82) is 0 Å². The number of ether oxygens (including phenoxy) is 2. The summed E-state index contributed by atoms with van der Waals surface area (Å²) in [5.74, 6) is 0.657. The zero-order chi connectivity index (χ0) is 16.2. The molecule has 0 aromatic carbocycles. The van der Waals surface area contributed by atoms with E-state index in [9.17, 15) is 4.79 Å². The van der Waals surface area contributed by atoms with E-state index in [1.807, 2.05) is 11.8 Å². The number of carbonyl (C=O) groups is 1. The molecule has 7 nitrogen and oxygen atoms in total. The summed E-state index contributed by atoms with van der Waals surface area (Å²) in [5.41, 5.74) is 0.542. The van der Waals surface area contributed by atoms with Gasteiger partial charge in [0.05, 0.1) is 24.3 Å². The van der Waals surface area contributed by atoms with E-state index in [1.165, 1.54) is 0 Å². The van der Waals surface area contributed by atoms with E-state index in [-0.39, 0.29) is 18.1 Å². The molecule has 0 saturated carbocycles. The van der Waals surface area contributed by atoms with E-state index in [0.717, 1.165) is 32.7 Å². The molecule has 2 aliphatic heterocycles. The van der Waals surface area contributed by atoms with E-state index < -0.39 is 0 Å². The molecule has 2 saturated heterocycles. The van der Waals surface area contributed by atoms with E-state index in [0.29, 0.717) is 24.5 Å². The molecule has 1 amide bonds. The molecule has 3 heterocycles. The van der Waals surface area contributed by atoms with Crippen molar-refractivity contribution in [1.82, 2.24) is 19.8 Å². The van der Waals surface area contributed by atoms with Gasteiger partial charge in [-0.05, 0) is 13.3 Å². The summed E-state index contributed by atoms with van der Waals surface area (Å²) in [7, 11) is 1.72. The molecule has 3 rings (SSSR count). The van der Waals surface area contributed by atoms with Crippen LogP contribution in [0.1, 0.15) is 22.6 Å². The Morgan fingerprint density at radius 3 is 2.91 bits per heavy atom. The Labute approximate surface area is 136 Å². The maximum atomic E-state index is 12.6. The number of likely N-dealkylation sites (tertiary alicyclic amines) is 1. The Morgan fingerprint density at radius 2 is 2.17 bits per heavy atom. The molecule has 0 aliphatic carbocycles. The second-order valence-corrected chi connectivity index (χ2v) is 6.09. The topological polar surface area (TPSA) is 67.8 Å². The highest BCUT2D eigenvalue weighted by Gasteiger charge is 2.41. The van der Waals surface area contributed by atoms with Crippen molar-refractivity contribution in [2.45, 2.75) is 25.5 Å². The molecular weight excluding hydrogens is 296 g/mol. The van der Waals surface area contributed by atoms with Gasteiger partial charge in [-0.15, -0.1) is 0 Å². The van der Waals surface area contributed by atoms with E-state index in [4.69, 9.17) is 9.47 Å². The van der Waals surface area contributed by atoms with Gasteiger partial charge in [0.15, 0.2) is 0 Å². The first kappa shape index (κ1) is 16.3. The van der Waals surface area contributed by atoms with Gasteiger partial charge in [-0.3, -0.25) is 9.69 Å². The number of rotatable bonds is 5. The maximum Gasteiger partial charge on any atom is 0.257 e. The summed E-state index contributed by atoms with van der Waals surface area (Å²) in [4.78, 5) is 25.1. The van der Waals surface area contributed by atoms with Crippen molar-refractivity contribution in [2.24, 2.45) is 0 Å². The van der Waals surface area contributed by atoms with E-state index in [2.05, 4.69) is 14.9 Å². The zero-order valence-electron chi connectivity index (χ0n) is 13.8. The molecule has 0 N–H and O–H groups in total. The third-order valence-corrected chi connectivity index (χ3v) is 4.53. The number of aromatic nitrogens is 2. The highest BCUT2D eigenvalue weighted by atomic mass is 16.5. The molecule has 1 aromatic rings. The first-order chi connectivity index (χ1) is 11.2. The minimum atomic E-state index is -0.0140. The average molecular weight is 320 g/mol. The number of carbonyl (C=O) groups excluding carboxylic acids is 1. The molecule has 0 bridgehead atoms. The fourth-order valence-electron chi connectivity index (χ4n) is 3.30. The van der Waals surface area contributed by atoms with Gasteiger partial charge in [0.25, 0.3) is 5.91 Å². The van der Waals surface area contributed by atoms with E-state index >= 15 is 0 Å². The minimum Gasteiger partial charge on any atom is -0.385 e. The smallest absolute Gasteiger partial charge is 0.257 e. The maximum absolute atomic E-state index is 12.6. The summed E-state index contributed by atoms with van der Waals surface area (Å²) >= 11 is 0. The van der Waals surface area contributed by atoms with Crippen LogP contribution < -0.4 is 0 Å². The summed E-state index contributed by atoms with van der Waals surface area (Å²) in [6.45, 7) is 6.53. The third kappa shape index (κ3) is 3.68. The number of nitrogens with zero attached hydrogens (tertiary/aromatic N) is 4. The second-order valence-electron chi connectivity index (χ2n) is 6.09. The van der Waals surface area contributed by atoms with Gasteiger partial charge < -0.3 is 14.4 Å². The Hall–Kier alpha value is -1.57. The SMILES string of the molecule is COCCCN1CCO[C@H]2CN(C(=O)c3cnc(C)nc3)C[C@@H]21. The van der Waals surface area contributed by atoms with Gasteiger partial charge in [0.2, 0.25) is 0 Å². The van der Waals surface area contributed by atoms with Gasteiger partial charge in [-0.2, -0.15) is 0 Å². The summed E-state index contributed by atoms with van der Waals surface area (Å²) in [5, 5.41) is 0. The number of morpholine rings is 1. The molecule has 126 valence electrons. The molecule has 0 spiro atoms. The number of hydrogen-bond donors (Lipinski definition) is 0. The van der Waals surface area contributed by atoms with Crippen molar-refractivity contribution in [2.75, 3.05) is 46.5 Å². The standard InChI is InChI=1S/C16H24N4O3/c1-12-17-8-13(9-18-12)16(21)20-10-14-15(11-20)23-7-5-19(14)4-3-6-22-2/h8-9,14-15H,3-7,10-11H2,1-2H3/t14-,15-/m0/s1. The zero-order valence-corrected chi connectivity index (χ0v) is 13.8. The molecule has 2 atom stereocenters. The highest BCUT2D eigenvalue weighted by molar-refractivity contribution is 5.93. The van der Waals surface area contributed by atoms with Gasteiger partial charge in [0.1, 0.15) is 5.82 Å². The Kier molecular flexibility index (Phi) is 5.20. The molecule has 0 unspecified atom stereocenters. The van der Waals surface area contributed by atoms with Crippen LogP contribution in [0.5, 0.6) is 0 Å². The molecule has 7 heteroatoms. The fraction of sp³-hybridized carbons (Fsp3) is 0.688. The van der Waals surface area contributed by atoms with Gasteiger partial charge in [0, 0.05) is 52.3 Å². The lowest BCUT2D eigenvalue weighted by Gasteiger charge is -2.36. The van der Waals surface area contributed by atoms with Crippen LogP contribution in [-0.2, 0) is 9.47 Å². The van der Waals surface area contributed by atoms with Crippen LogP contribution in [0.4, 0.5) is 0 Å². The summed E-state index contributed by atoms with van der Waals surface area (Å²) < 4.78 is 11.0. The third-order valence-electron chi connectivity index (χ3n) is 4.53. The highest BCUT2D eigenvalue weighted by Crippen LogP contribution is 2.24. The number of amides is 1. The predicted molar refractivity (Wildman–Crippen MR) is 84.3 cm³/mol. The van der Waals surface area contributed by atoms with Gasteiger partial charge in [-0.1, -0.05) is 0 Å². The first-order valence-electron chi connectivity index (χ1n) is 8.11. The van der Waals surface area contributed by atoms with Crippen LogP contribution in [0.15, 0.2) is 12.4 Å². The van der Waals surface area contributed by atoms with Crippen LogP contribution in [0.25, 0.3) is 0 Å². The lowest BCUT2D eigenvalue weighted by atomic mass is 10.1. The quantitative estimate of drug-likeness (QED) is 0.729. The van der Waals surface area contributed by atoms with Gasteiger partial charge >= 0.3 is 0 Å². The molecule has 2 fully saturated rings. The Morgan fingerprint density at radius 1 is 1.39 bits per heavy atom. The lowest BCUT2D eigenvalue weighted by molar-refractivity contribution is -0.0487. The number of aryl methyl sites for hydroxylation is 1. The predicted octanol–water partition coefficient (Wildman–Crippen LogP) is 0.347. The van der Waals surface area contributed by atoms with Crippen LogP contribution >= 0.6 is 0 Å². The molecule has 23 heavy (non-hydrogen) atoms. The van der Waals surface area contributed by atoms with Crippen LogP contribution in [0.3, 0.4) is 0 Å². The minimum absolute atomic E-state index is 0.0140. The van der Waals surface area contributed by atoms with Crippen LogP contribution in [0.2, 0.25) is 0 Å². The average Bonchev–Trinajstić information content (AvgIpc) is 3.00. The van der Waals surface area contributed by atoms with Crippen LogP contribution in [0, 0.1) is 6.92 Å². The molecule has 1 aromatic heterocycles. The number of hydrogen-bond acceptors (Lipinski definition) is 6. The monoisotopic (exact) mass is 320 g/mol. The Bertz CT molecular complexity index is 537. The second kappa shape index (κ2) is 7.33. The molecule has 0 radical (unpaired) electrons. The molecule has 2 aliphatic rings. The van der Waals surface area contributed by atoms with E-state index in [1.54, 1.807) is 19.5 Å². The van der Waals surface area contributed by atoms with Crippen LogP contribution in [-0.4, -0.2) is 84.3 Å². The summed E-state index contributed by atoms with van der Waals surface area (Å²) in [6.07, 6.45) is 4.30. The number of methoxy groups -OCH3 is 1. The lowest BCUT2D eigenvalue weighted by Crippen LogP contribution is -2.51. The van der Waals surface area contributed by atoms with Crippen molar-refractivity contribution < 1.29 is 14.3 Å². The van der Waals surface area contributed by atoms with Gasteiger partial charge in [-0.25, -0.2) is 9.97 Å². The summed E-state index contributed by atoms with van der Waals surface area (Å²) in [6, 6.07) is 0.274. The van der Waals surface area contributed by atoms with Crippen molar-refractivity contribution >= 4 is 5.91 Å². The first-order valence-corrected chi connectivity index (χ1v) is 8.11. The fourth-order valence-corrected chi connectivity index (χ4v) is 3.30. The van der Waals surface area contributed by atoms with Crippen molar-refractivity contribution in [3.63, 3.8) is 0 Å².